The van der Waals surface area contributed by atoms with Crippen molar-refractivity contribution < 1.29 is 13.2 Å². The molecular weight excluding hydrogens is 278 g/mol. The smallest absolute Gasteiger partial charge is 0.227 e. The maximum Gasteiger partial charge on any atom is 0.227 e. The lowest BCUT2D eigenvalue weighted by atomic mass is 9.95. The minimum absolute atomic E-state index is 0.00276. The minimum atomic E-state index is -3.16. The Hall–Kier alpha value is -0.660. The molecule has 7 heteroatoms. The predicted molar refractivity (Wildman–Crippen MR) is 77.5 cm³/mol. The van der Waals surface area contributed by atoms with E-state index in [0.29, 0.717) is 13.1 Å². The van der Waals surface area contributed by atoms with Gasteiger partial charge in [-0.15, -0.1) is 0 Å². The highest BCUT2D eigenvalue weighted by molar-refractivity contribution is 7.88. The van der Waals surface area contributed by atoms with Gasteiger partial charge in [-0.3, -0.25) is 4.79 Å². The van der Waals surface area contributed by atoms with Crippen LogP contribution in [0.25, 0.3) is 0 Å². The highest BCUT2D eigenvalue weighted by Crippen LogP contribution is 2.27. The maximum absolute atomic E-state index is 12.5. The van der Waals surface area contributed by atoms with Crippen LogP contribution in [0.4, 0.5) is 0 Å². The first kappa shape index (κ1) is 15.7. The van der Waals surface area contributed by atoms with Crippen LogP contribution in [0.1, 0.15) is 32.1 Å². The van der Waals surface area contributed by atoms with Crippen molar-refractivity contribution in [1.82, 2.24) is 9.62 Å². The number of sulfonamides is 1. The van der Waals surface area contributed by atoms with Crippen molar-refractivity contribution in [1.29, 1.82) is 0 Å². The van der Waals surface area contributed by atoms with E-state index in [0.717, 1.165) is 44.9 Å². The molecule has 3 unspecified atom stereocenters. The Labute approximate surface area is 121 Å². The van der Waals surface area contributed by atoms with E-state index in [1.165, 1.54) is 0 Å². The van der Waals surface area contributed by atoms with Crippen LogP contribution in [-0.4, -0.2) is 51.2 Å². The third kappa shape index (κ3) is 4.17. The average Bonchev–Trinajstić information content (AvgIpc) is 2.81. The summed E-state index contributed by atoms with van der Waals surface area (Å²) in [7, 11) is -3.16. The van der Waals surface area contributed by atoms with Crippen LogP contribution in [0.3, 0.4) is 0 Å². The van der Waals surface area contributed by atoms with Gasteiger partial charge >= 0.3 is 0 Å². The molecular formula is C13H25N3O3S. The standard InChI is InChI=1S/C13H25N3O3S/c1-20(18,19)15-8-10-4-3-7-16(9-10)13(17)11-5-2-6-12(11)14/h10-12,15H,2-9,14H2,1H3. The molecule has 0 bridgehead atoms. The van der Waals surface area contributed by atoms with Crippen LogP contribution in [0, 0.1) is 11.8 Å². The lowest BCUT2D eigenvalue weighted by Crippen LogP contribution is -2.48. The molecule has 20 heavy (non-hydrogen) atoms. The quantitative estimate of drug-likeness (QED) is 0.758. The zero-order valence-electron chi connectivity index (χ0n) is 12.0. The highest BCUT2D eigenvalue weighted by atomic mass is 32.2. The van der Waals surface area contributed by atoms with Gasteiger partial charge in [-0.1, -0.05) is 6.42 Å². The molecule has 2 fully saturated rings. The molecule has 1 saturated carbocycles. The van der Waals surface area contributed by atoms with E-state index in [1.54, 1.807) is 0 Å². The summed E-state index contributed by atoms with van der Waals surface area (Å²) in [5, 5.41) is 0. The SMILES string of the molecule is CS(=O)(=O)NCC1CCCN(C(=O)C2CCCC2N)C1. The van der Waals surface area contributed by atoms with E-state index >= 15 is 0 Å². The first-order valence-corrected chi connectivity index (χ1v) is 9.25. The van der Waals surface area contributed by atoms with E-state index < -0.39 is 10.0 Å². The Morgan fingerprint density at radius 1 is 1.30 bits per heavy atom. The van der Waals surface area contributed by atoms with Gasteiger partial charge in [0.05, 0.1) is 12.2 Å². The van der Waals surface area contributed by atoms with E-state index in [1.807, 2.05) is 4.90 Å². The number of nitrogens with two attached hydrogens (primary N) is 1. The third-order valence-corrected chi connectivity index (χ3v) is 5.04. The Balaban J connectivity index is 1.88. The second-order valence-electron chi connectivity index (χ2n) is 6.11. The van der Waals surface area contributed by atoms with Gasteiger partial charge < -0.3 is 10.6 Å². The van der Waals surface area contributed by atoms with Gasteiger partial charge in [0.1, 0.15) is 0 Å². The summed E-state index contributed by atoms with van der Waals surface area (Å²) in [6.45, 7) is 1.83. The van der Waals surface area contributed by atoms with Crippen LogP contribution < -0.4 is 10.5 Å². The number of nitrogens with zero attached hydrogens (tertiary/aromatic N) is 1. The summed E-state index contributed by atoms with van der Waals surface area (Å²) >= 11 is 0. The molecule has 1 amide bonds. The van der Waals surface area contributed by atoms with Crippen molar-refractivity contribution in [3.8, 4) is 0 Å². The van der Waals surface area contributed by atoms with Crippen molar-refractivity contribution >= 4 is 15.9 Å². The average molecular weight is 303 g/mol. The molecule has 1 heterocycles. The predicted octanol–water partition coefficient (Wildman–Crippen LogP) is -0.0984. The topological polar surface area (TPSA) is 92.5 Å². The van der Waals surface area contributed by atoms with Crippen LogP contribution >= 0.6 is 0 Å². The molecule has 3 N–H and O–H groups in total. The maximum atomic E-state index is 12.5. The molecule has 0 aromatic rings. The Bertz CT molecular complexity index is 452. The van der Waals surface area contributed by atoms with Crippen LogP contribution in [0.2, 0.25) is 0 Å². The van der Waals surface area contributed by atoms with Crippen LogP contribution in [0.5, 0.6) is 0 Å². The van der Waals surface area contributed by atoms with Gasteiger partial charge in [0.25, 0.3) is 0 Å². The Morgan fingerprint density at radius 3 is 2.65 bits per heavy atom. The number of hydrogen-bond donors (Lipinski definition) is 2. The van der Waals surface area contributed by atoms with Crippen LogP contribution in [-0.2, 0) is 14.8 Å². The van der Waals surface area contributed by atoms with Crippen molar-refractivity contribution in [2.24, 2.45) is 17.6 Å². The van der Waals surface area contributed by atoms with E-state index in [9.17, 15) is 13.2 Å². The Morgan fingerprint density at radius 2 is 2.05 bits per heavy atom. The lowest BCUT2D eigenvalue weighted by molar-refractivity contribution is -0.137. The normalized spacial score (nSPS) is 31.5. The third-order valence-electron chi connectivity index (χ3n) is 4.35. The van der Waals surface area contributed by atoms with Crippen molar-refractivity contribution in [2.75, 3.05) is 25.9 Å². The van der Waals surface area contributed by atoms with Gasteiger partial charge in [-0.05, 0) is 31.6 Å². The molecule has 0 aromatic heterocycles. The molecule has 0 radical (unpaired) electrons. The lowest BCUT2D eigenvalue weighted by Gasteiger charge is -2.35. The number of nitrogens with one attached hydrogen (secondary N) is 1. The fourth-order valence-electron chi connectivity index (χ4n) is 3.23. The summed E-state index contributed by atoms with van der Waals surface area (Å²) < 4.78 is 24.8. The fourth-order valence-corrected chi connectivity index (χ4v) is 3.77. The number of hydrogen-bond acceptors (Lipinski definition) is 4. The Kier molecular flexibility index (Phi) is 5.04. The zero-order valence-corrected chi connectivity index (χ0v) is 12.9. The number of carbonyl (C=O) groups is 1. The first-order chi connectivity index (χ1) is 9.37. The highest BCUT2D eigenvalue weighted by Gasteiger charge is 2.35. The van der Waals surface area contributed by atoms with Crippen molar-refractivity contribution in [2.45, 2.75) is 38.1 Å². The summed E-state index contributed by atoms with van der Waals surface area (Å²) in [6.07, 6.45) is 5.92. The summed E-state index contributed by atoms with van der Waals surface area (Å²) in [5.74, 6) is 0.343. The van der Waals surface area contributed by atoms with E-state index in [4.69, 9.17) is 5.73 Å². The summed E-state index contributed by atoms with van der Waals surface area (Å²) in [5.41, 5.74) is 6.00. The molecule has 1 aliphatic heterocycles. The number of amides is 1. The summed E-state index contributed by atoms with van der Waals surface area (Å²) in [4.78, 5) is 14.3. The monoisotopic (exact) mass is 303 g/mol. The largest absolute Gasteiger partial charge is 0.342 e. The van der Waals surface area contributed by atoms with Crippen molar-refractivity contribution in [3.05, 3.63) is 0 Å². The molecule has 3 atom stereocenters. The van der Waals surface area contributed by atoms with Gasteiger partial charge in [-0.2, -0.15) is 0 Å². The molecule has 1 aliphatic carbocycles. The zero-order chi connectivity index (χ0) is 14.8. The molecule has 0 aromatic carbocycles. The number of carbonyl (C=O) groups excluding carboxylic acids is 1. The van der Waals surface area contributed by atoms with Crippen LogP contribution in [0.15, 0.2) is 0 Å². The fraction of sp³-hybridized carbons (Fsp3) is 0.923. The molecule has 0 spiro atoms. The van der Waals surface area contributed by atoms with Gasteiger partial charge in [0.2, 0.25) is 15.9 Å². The van der Waals surface area contributed by atoms with E-state index in [-0.39, 0.29) is 23.8 Å². The molecule has 2 rings (SSSR count). The first-order valence-electron chi connectivity index (χ1n) is 7.36. The van der Waals surface area contributed by atoms with Gasteiger partial charge in [-0.25, -0.2) is 13.1 Å². The second kappa shape index (κ2) is 6.41. The second-order valence-corrected chi connectivity index (χ2v) is 7.95. The minimum Gasteiger partial charge on any atom is -0.342 e. The molecule has 2 aliphatic rings. The number of rotatable bonds is 4. The van der Waals surface area contributed by atoms with Gasteiger partial charge in [0, 0.05) is 25.7 Å². The molecule has 1 saturated heterocycles. The summed E-state index contributed by atoms with van der Waals surface area (Å²) in [6, 6.07) is -0.00276. The molecule has 6 nitrogen and oxygen atoms in total. The number of likely N-dealkylation sites (tertiary alicyclic amines) is 1. The number of piperidine rings is 1. The van der Waals surface area contributed by atoms with Crippen molar-refractivity contribution in [3.63, 3.8) is 0 Å². The molecule has 116 valence electrons. The van der Waals surface area contributed by atoms with Gasteiger partial charge in [0.15, 0.2) is 0 Å². The van der Waals surface area contributed by atoms with E-state index in [2.05, 4.69) is 4.72 Å².